The zero-order valence-corrected chi connectivity index (χ0v) is 15.4. The van der Waals surface area contributed by atoms with Crippen molar-refractivity contribution in [3.63, 3.8) is 0 Å². The number of ether oxygens (including phenoxy) is 1. The number of carboxylic acids is 2. The third kappa shape index (κ3) is 3.12. The van der Waals surface area contributed by atoms with Crippen molar-refractivity contribution >= 4 is 11.9 Å². The van der Waals surface area contributed by atoms with Gasteiger partial charge in [-0.3, -0.25) is 9.47 Å². The lowest BCUT2D eigenvalue weighted by Crippen LogP contribution is -2.31. The smallest absolute Gasteiger partial charge is 0.358 e. The number of aromatic carboxylic acids is 2. The lowest BCUT2D eigenvalue weighted by atomic mass is 9.95. The summed E-state index contributed by atoms with van der Waals surface area (Å²) in [5, 5.41) is 28.9. The highest BCUT2D eigenvalue weighted by Crippen LogP contribution is 2.36. The van der Waals surface area contributed by atoms with E-state index in [1.54, 1.807) is 24.3 Å². The van der Waals surface area contributed by atoms with Gasteiger partial charge < -0.3 is 25.5 Å². The van der Waals surface area contributed by atoms with Gasteiger partial charge in [-0.05, 0) is 17.2 Å². The van der Waals surface area contributed by atoms with Gasteiger partial charge in [-0.25, -0.2) is 9.59 Å². The fourth-order valence-electron chi connectivity index (χ4n) is 3.46. The summed E-state index contributed by atoms with van der Waals surface area (Å²) in [5.74, 6) is -3.79. The number of carbonyl (C=O) groups is 2. The molecule has 1 aliphatic rings. The van der Waals surface area contributed by atoms with Gasteiger partial charge in [0.2, 0.25) is 5.43 Å². The Balaban J connectivity index is 1.94. The molecule has 30 heavy (non-hydrogen) atoms. The Bertz CT molecular complexity index is 1180. The number of nitrogens with one attached hydrogen (secondary N) is 1. The van der Waals surface area contributed by atoms with E-state index in [-0.39, 0.29) is 6.61 Å². The number of nitrogens with zero attached hydrogens (tertiary/aromatic N) is 1. The minimum absolute atomic E-state index is 0.285. The van der Waals surface area contributed by atoms with Crippen molar-refractivity contribution in [3.05, 3.63) is 92.9 Å². The molecule has 0 saturated heterocycles. The molecule has 2 heterocycles. The number of aromatic hydroxyl groups is 1. The van der Waals surface area contributed by atoms with E-state index in [4.69, 9.17) is 4.74 Å². The highest BCUT2D eigenvalue weighted by atomic mass is 16.5. The summed E-state index contributed by atoms with van der Waals surface area (Å²) in [5.41, 5.74) is 2.41. The van der Waals surface area contributed by atoms with E-state index < -0.39 is 40.4 Å². The molecule has 0 bridgehead atoms. The Labute approximate surface area is 169 Å². The van der Waals surface area contributed by atoms with Gasteiger partial charge in [0, 0.05) is 11.8 Å². The summed E-state index contributed by atoms with van der Waals surface area (Å²) in [4.78, 5) is 35.3. The van der Waals surface area contributed by atoms with Crippen LogP contribution in [0.3, 0.4) is 0 Å². The molecule has 4 N–H and O–H groups in total. The van der Waals surface area contributed by atoms with Gasteiger partial charge in [-0.2, -0.15) is 0 Å². The summed E-state index contributed by atoms with van der Waals surface area (Å²) in [7, 11) is 0. The first-order valence-electron chi connectivity index (χ1n) is 8.89. The first-order valence-corrected chi connectivity index (χ1v) is 8.89. The van der Waals surface area contributed by atoms with Crippen molar-refractivity contribution in [2.24, 2.45) is 0 Å². The number of para-hydroxylation sites is 1. The van der Waals surface area contributed by atoms with Gasteiger partial charge in [-0.1, -0.05) is 42.5 Å². The summed E-state index contributed by atoms with van der Waals surface area (Å²) in [6.07, 6.45) is 0.852. The second kappa shape index (κ2) is 7.28. The molecule has 0 spiro atoms. The van der Waals surface area contributed by atoms with Gasteiger partial charge in [0.25, 0.3) is 0 Å². The molecule has 0 amide bonds. The van der Waals surface area contributed by atoms with Crippen molar-refractivity contribution in [2.45, 2.75) is 12.6 Å². The second-order valence-corrected chi connectivity index (χ2v) is 6.64. The van der Waals surface area contributed by atoms with Crippen LogP contribution < -0.4 is 15.6 Å². The van der Waals surface area contributed by atoms with Crippen molar-refractivity contribution in [1.82, 2.24) is 4.68 Å². The van der Waals surface area contributed by atoms with Crippen LogP contribution in [0.15, 0.2) is 59.5 Å². The molecule has 1 unspecified atom stereocenters. The molecule has 2 aromatic carbocycles. The fourth-order valence-corrected chi connectivity index (χ4v) is 3.46. The van der Waals surface area contributed by atoms with Crippen LogP contribution in [0.2, 0.25) is 0 Å². The van der Waals surface area contributed by atoms with Crippen LogP contribution in [0.1, 0.15) is 43.6 Å². The van der Waals surface area contributed by atoms with Crippen LogP contribution in [0.4, 0.5) is 0 Å². The van der Waals surface area contributed by atoms with E-state index in [1.807, 2.05) is 24.3 Å². The number of benzene rings is 2. The van der Waals surface area contributed by atoms with Gasteiger partial charge in [0.1, 0.15) is 17.9 Å². The summed E-state index contributed by atoms with van der Waals surface area (Å²) >= 11 is 0. The first-order chi connectivity index (χ1) is 14.4. The lowest BCUT2D eigenvalue weighted by molar-refractivity contribution is 0.0666. The topological polar surface area (TPSA) is 138 Å². The Morgan fingerprint density at radius 2 is 1.67 bits per heavy atom. The Morgan fingerprint density at radius 3 is 2.37 bits per heavy atom. The van der Waals surface area contributed by atoms with E-state index in [9.17, 15) is 29.7 Å². The molecule has 9 nitrogen and oxygen atoms in total. The molecule has 1 aliphatic heterocycles. The zero-order valence-electron chi connectivity index (χ0n) is 15.4. The summed E-state index contributed by atoms with van der Waals surface area (Å²) in [6.45, 7) is 0.285. The lowest BCUT2D eigenvalue weighted by Gasteiger charge is -2.25. The van der Waals surface area contributed by atoms with Crippen molar-refractivity contribution < 1.29 is 29.6 Å². The normalized spacial score (nSPS) is 14.6. The van der Waals surface area contributed by atoms with E-state index in [0.717, 1.165) is 22.0 Å². The number of fused-ring (bicyclic) bond motifs is 2. The molecular weight excluding hydrogens is 392 g/mol. The fraction of sp³-hybridized carbons (Fsp3) is 0.0952. The van der Waals surface area contributed by atoms with Crippen LogP contribution in [-0.2, 0) is 6.61 Å². The Morgan fingerprint density at radius 1 is 1.00 bits per heavy atom. The van der Waals surface area contributed by atoms with Crippen LogP contribution in [-0.4, -0.2) is 31.9 Å². The quantitative estimate of drug-likeness (QED) is 0.515. The molecule has 3 aromatic rings. The van der Waals surface area contributed by atoms with Gasteiger partial charge in [0.15, 0.2) is 11.4 Å². The van der Waals surface area contributed by atoms with Gasteiger partial charge >= 0.3 is 11.9 Å². The summed E-state index contributed by atoms with van der Waals surface area (Å²) < 4.78 is 6.72. The number of rotatable bonds is 4. The van der Waals surface area contributed by atoms with Gasteiger partial charge in [0.05, 0.1) is 6.04 Å². The average Bonchev–Trinajstić information content (AvgIpc) is 2.87. The van der Waals surface area contributed by atoms with Gasteiger partial charge in [-0.15, -0.1) is 0 Å². The Kier molecular flexibility index (Phi) is 4.63. The first kappa shape index (κ1) is 19.1. The maximum Gasteiger partial charge on any atom is 0.358 e. The number of pyridine rings is 1. The summed E-state index contributed by atoms with van der Waals surface area (Å²) in [6, 6.07) is 13.8. The SMILES string of the molecule is O=C(O)c1cn(NC2c3ccccc3COc3ccccc32)c(C(=O)O)c(O)c1=O. The zero-order chi connectivity index (χ0) is 21.4. The highest BCUT2D eigenvalue weighted by Gasteiger charge is 2.28. The Hall–Kier alpha value is -4.27. The molecule has 9 heteroatoms. The monoisotopic (exact) mass is 408 g/mol. The van der Waals surface area contributed by atoms with Crippen LogP contribution >= 0.6 is 0 Å². The van der Waals surface area contributed by atoms with Crippen LogP contribution in [0, 0.1) is 0 Å². The predicted octanol–water partition coefficient (Wildman–Crippen LogP) is 2.18. The molecule has 0 radical (unpaired) electrons. The average molecular weight is 408 g/mol. The number of carboxylic acid groups (broad SMARTS) is 2. The van der Waals surface area contributed by atoms with Crippen LogP contribution in [0.5, 0.6) is 11.5 Å². The van der Waals surface area contributed by atoms with E-state index >= 15 is 0 Å². The molecule has 1 aromatic heterocycles. The molecule has 4 rings (SSSR count). The predicted molar refractivity (Wildman–Crippen MR) is 105 cm³/mol. The third-order valence-corrected chi connectivity index (χ3v) is 4.86. The minimum atomic E-state index is -1.60. The molecular formula is C21H16N2O7. The number of hydrogen-bond donors (Lipinski definition) is 4. The minimum Gasteiger partial charge on any atom is -0.502 e. The largest absolute Gasteiger partial charge is 0.502 e. The highest BCUT2D eigenvalue weighted by molar-refractivity contribution is 5.92. The number of aromatic nitrogens is 1. The maximum atomic E-state index is 12.1. The van der Waals surface area contributed by atoms with Crippen molar-refractivity contribution in [2.75, 3.05) is 5.43 Å². The van der Waals surface area contributed by atoms with E-state index in [2.05, 4.69) is 5.43 Å². The standard InChI is InChI=1S/C21H16N2O7/c24-18-14(20(26)27)9-23(17(19(18)25)21(28)29)22-16-12-6-2-1-5-11(12)10-30-15-8-4-3-7-13(15)16/h1-9,16,22,25H,10H2,(H,26,27)(H,28,29). The molecule has 0 fully saturated rings. The number of hydrogen-bond acceptors (Lipinski definition) is 6. The molecule has 152 valence electrons. The third-order valence-electron chi connectivity index (χ3n) is 4.86. The molecule has 1 atom stereocenters. The van der Waals surface area contributed by atoms with Crippen molar-refractivity contribution in [1.29, 1.82) is 0 Å². The van der Waals surface area contributed by atoms with Crippen LogP contribution in [0.25, 0.3) is 0 Å². The molecule has 0 aliphatic carbocycles. The maximum absolute atomic E-state index is 12.1. The van der Waals surface area contributed by atoms with E-state index in [1.165, 1.54) is 0 Å². The van der Waals surface area contributed by atoms with E-state index in [0.29, 0.717) is 11.3 Å². The van der Waals surface area contributed by atoms with Crippen molar-refractivity contribution in [3.8, 4) is 11.5 Å². The molecule has 0 saturated carbocycles. The second-order valence-electron chi connectivity index (χ2n) is 6.64.